The fraction of sp³-hybridized carbons (Fsp3) is 0.174. The van der Waals surface area contributed by atoms with Crippen molar-refractivity contribution in [1.29, 1.82) is 5.41 Å². The molecule has 4 rings (SSSR count). The number of ether oxygens (including phenoxy) is 2. The maximum Gasteiger partial charge on any atom is 0.356 e. The Morgan fingerprint density at radius 3 is 2.59 bits per heavy atom. The molecule has 2 heterocycles. The van der Waals surface area contributed by atoms with Crippen molar-refractivity contribution in [3.63, 3.8) is 0 Å². The van der Waals surface area contributed by atoms with E-state index >= 15 is 0 Å². The van der Waals surface area contributed by atoms with Crippen LogP contribution in [0.2, 0.25) is 0 Å². The number of carbonyl (C=O) groups is 2. The molecule has 0 aliphatic carbocycles. The maximum absolute atomic E-state index is 13.2. The van der Waals surface area contributed by atoms with Gasteiger partial charge in [-0.2, -0.15) is 0 Å². The summed E-state index contributed by atoms with van der Waals surface area (Å²) >= 11 is 0. The number of carbonyl (C=O) groups excluding carboxylic acids is 2. The zero-order valence-corrected chi connectivity index (χ0v) is 17.6. The zero-order valence-electron chi connectivity index (χ0n) is 17.6. The van der Waals surface area contributed by atoms with E-state index in [2.05, 4.69) is 10.3 Å². The number of amidine groups is 1. The first-order chi connectivity index (χ1) is 15.4. The molecule has 1 aliphatic rings. The molecule has 1 atom stereocenters. The van der Waals surface area contributed by atoms with Crippen LogP contribution in [0.3, 0.4) is 0 Å². The smallest absolute Gasteiger partial charge is 0.356 e. The largest absolute Gasteiger partial charge is 0.497 e. The summed E-state index contributed by atoms with van der Waals surface area (Å²) in [7, 11) is 2.85. The fourth-order valence-corrected chi connectivity index (χ4v) is 3.77. The van der Waals surface area contributed by atoms with Crippen molar-refractivity contribution in [3.8, 4) is 5.75 Å². The number of esters is 1. The lowest BCUT2D eigenvalue weighted by molar-refractivity contribution is -0.139. The minimum absolute atomic E-state index is 0.0209. The monoisotopic (exact) mass is 433 g/mol. The highest BCUT2D eigenvalue weighted by Gasteiger charge is 2.34. The Morgan fingerprint density at radius 1 is 1.19 bits per heavy atom. The van der Waals surface area contributed by atoms with Gasteiger partial charge in [-0.25, -0.2) is 4.79 Å². The summed E-state index contributed by atoms with van der Waals surface area (Å²) in [6.07, 6.45) is 3.38. The number of nitrogens with two attached hydrogens (primary N) is 1. The molecule has 1 aromatic heterocycles. The van der Waals surface area contributed by atoms with Gasteiger partial charge in [-0.15, -0.1) is 0 Å². The van der Waals surface area contributed by atoms with Gasteiger partial charge in [-0.3, -0.25) is 10.2 Å². The Kier molecular flexibility index (Phi) is 5.55. The van der Waals surface area contributed by atoms with Crippen LogP contribution in [0, 0.1) is 5.41 Å². The summed E-state index contributed by atoms with van der Waals surface area (Å²) in [5.41, 5.74) is 8.70. The van der Waals surface area contributed by atoms with Crippen LogP contribution in [0.25, 0.3) is 10.9 Å². The van der Waals surface area contributed by atoms with Crippen molar-refractivity contribution in [2.45, 2.75) is 12.6 Å². The lowest BCUT2D eigenvalue weighted by atomic mass is 10.0. The van der Waals surface area contributed by atoms with Crippen LogP contribution in [-0.2, 0) is 20.9 Å². The molecule has 0 spiro atoms. The highest BCUT2D eigenvalue weighted by atomic mass is 16.5. The van der Waals surface area contributed by atoms with Crippen molar-refractivity contribution >= 4 is 28.6 Å². The van der Waals surface area contributed by atoms with Gasteiger partial charge >= 0.3 is 5.97 Å². The second kappa shape index (κ2) is 8.46. The van der Waals surface area contributed by atoms with E-state index in [9.17, 15) is 9.59 Å². The number of aromatic nitrogens is 1. The number of H-pyrrole nitrogens is 1. The third-order valence-corrected chi connectivity index (χ3v) is 5.38. The SMILES string of the molecule is COC(=O)C1=CN(Cc2ccc(C(=N)N)cc2)C(c2c[nH]c3ccc(OC)cc23)C(=O)N1. The minimum atomic E-state index is -0.697. The third-order valence-electron chi connectivity index (χ3n) is 5.38. The van der Waals surface area contributed by atoms with Crippen LogP contribution < -0.4 is 15.8 Å². The molecule has 5 N–H and O–H groups in total. The normalized spacial score (nSPS) is 15.8. The molecule has 0 bridgehead atoms. The molecule has 32 heavy (non-hydrogen) atoms. The Labute approximate surface area is 184 Å². The van der Waals surface area contributed by atoms with Crippen molar-refractivity contribution in [3.05, 3.63) is 77.2 Å². The molecule has 0 saturated carbocycles. The average Bonchev–Trinajstić information content (AvgIpc) is 3.21. The van der Waals surface area contributed by atoms with Crippen molar-refractivity contribution in [2.75, 3.05) is 14.2 Å². The molecule has 164 valence electrons. The van der Waals surface area contributed by atoms with Crippen LogP contribution in [0.4, 0.5) is 0 Å². The molecule has 9 heteroatoms. The standard InChI is InChI=1S/C23H23N5O4/c1-31-15-7-8-18-16(9-15)17(10-26-18)20-22(29)27-19(23(30)32-2)12-28(20)11-13-3-5-14(6-4-13)21(24)25/h3-10,12,20,26H,11H2,1-2H3,(H3,24,25)(H,27,29). The maximum atomic E-state index is 13.2. The molecule has 1 unspecified atom stereocenters. The lowest BCUT2D eigenvalue weighted by Crippen LogP contribution is -2.44. The van der Waals surface area contributed by atoms with E-state index in [1.807, 2.05) is 30.3 Å². The minimum Gasteiger partial charge on any atom is -0.497 e. The van der Waals surface area contributed by atoms with Gasteiger partial charge in [0.25, 0.3) is 5.91 Å². The Bertz CT molecular complexity index is 1230. The number of benzene rings is 2. The van der Waals surface area contributed by atoms with Crippen molar-refractivity contribution in [1.82, 2.24) is 15.2 Å². The van der Waals surface area contributed by atoms with E-state index in [0.29, 0.717) is 17.9 Å². The van der Waals surface area contributed by atoms with Gasteiger partial charge in [0.2, 0.25) is 0 Å². The molecular formula is C23H23N5O4. The number of fused-ring (bicyclic) bond motifs is 1. The van der Waals surface area contributed by atoms with Gasteiger partial charge in [0.1, 0.15) is 23.3 Å². The number of nitrogen functional groups attached to an aromatic ring is 1. The van der Waals surface area contributed by atoms with E-state index in [1.165, 1.54) is 7.11 Å². The summed E-state index contributed by atoms with van der Waals surface area (Å²) in [5, 5.41) is 11.1. The molecule has 0 fully saturated rings. The molecule has 0 saturated heterocycles. The summed E-state index contributed by atoms with van der Waals surface area (Å²) in [5.74, 6) is -0.328. The van der Waals surface area contributed by atoms with Crippen LogP contribution in [-0.4, -0.2) is 41.8 Å². The average molecular weight is 433 g/mol. The Morgan fingerprint density at radius 2 is 1.94 bits per heavy atom. The second-order valence-electron chi connectivity index (χ2n) is 7.36. The zero-order chi connectivity index (χ0) is 22.8. The Balaban J connectivity index is 1.77. The van der Waals surface area contributed by atoms with Crippen LogP contribution in [0.5, 0.6) is 5.75 Å². The molecule has 1 amide bonds. The van der Waals surface area contributed by atoms with E-state index < -0.39 is 12.0 Å². The molecule has 0 radical (unpaired) electrons. The van der Waals surface area contributed by atoms with Crippen molar-refractivity contribution < 1.29 is 19.1 Å². The Hall–Kier alpha value is -4.27. The van der Waals surface area contributed by atoms with Crippen LogP contribution >= 0.6 is 0 Å². The van der Waals surface area contributed by atoms with E-state index in [1.54, 1.807) is 36.5 Å². The number of hydrogen-bond donors (Lipinski definition) is 4. The number of rotatable bonds is 6. The van der Waals surface area contributed by atoms with Crippen LogP contribution in [0.1, 0.15) is 22.7 Å². The first-order valence-corrected chi connectivity index (χ1v) is 9.86. The quantitative estimate of drug-likeness (QED) is 0.267. The fourth-order valence-electron chi connectivity index (χ4n) is 3.77. The van der Waals surface area contributed by atoms with E-state index in [0.717, 1.165) is 22.0 Å². The summed E-state index contributed by atoms with van der Waals surface area (Å²) in [6.45, 7) is 0.341. The summed E-state index contributed by atoms with van der Waals surface area (Å²) in [6, 6.07) is 12.1. The molecule has 9 nitrogen and oxygen atoms in total. The molecule has 1 aliphatic heterocycles. The van der Waals surface area contributed by atoms with Gasteiger partial charge in [-0.05, 0) is 23.8 Å². The first kappa shape index (κ1) is 21.0. The highest BCUT2D eigenvalue weighted by Crippen LogP contribution is 2.34. The predicted octanol–water partition coefficient (Wildman–Crippen LogP) is 2.15. The highest BCUT2D eigenvalue weighted by molar-refractivity contribution is 5.99. The number of methoxy groups -OCH3 is 2. The van der Waals surface area contributed by atoms with Crippen molar-refractivity contribution in [2.24, 2.45) is 5.73 Å². The van der Waals surface area contributed by atoms with Gasteiger partial charge in [-0.1, -0.05) is 24.3 Å². The van der Waals surface area contributed by atoms with E-state index in [-0.39, 0.29) is 17.4 Å². The van der Waals surface area contributed by atoms with Gasteiger partial charge < -0.3 is 30.4 Å². The number of nitrogens with one attached hydrogen (secondary N) is 3. The van der Waals surface area contributed by atoms with Gasteiger partial charge in [0.05, 0.1) is 14.2 Å². The predicted molar refractivity (Wildman–Crippen MR) is 119 cm³/mol. The van der Waals surface area contributed by atoms with Gasteiger partial charge in [0.15, 0.2) is 0 Å². The lowest BCUT2D eigenvalue weighted by Gasteiger charge is -2.34. The van der Waals surface area contributed by atoms with Crippen LogP contribution in [0.15, 0.2) is 60.6 Å². The summed E-state index contributed by atoms with van der Waals surface area (Å²) in [4.78, 5) is 30.3. The molecule has 2 aromatic carbocycles. The topological polar surface area (TPSA) is 134 Å². The third kappa shape index (κ3) is 3.87. The summed E-state index contributed by atoms with van der Waals surface area (Å²) < 4.78 is 10.1. The molecular weight excluding hydrogens is 410 g/mol. The number of aromatic amines is 1. The number of nitrogens with zero attached hydrogens (tertiary/aromatic N) is 1. The van der Waals surface area contributed by atoms with E-state index in [4.69, 9.17) is 20.6 Å². The van der Waals surface area contributed by atoms with Gasteiger partial charge in [0, 0.05) is 41.0 Å². The molecule has 3 aromatic rings. The first-order valence-electron chi connectivity index (χ1n) is 9.86. The second-order valence-corrected chi connectivity index (χ2v) is 7.36. The number of hydrogen-bond acceptors (Lipinski definition) is 6. The number of amides is 1.